The van der Waals surface area contributed by atoms with Crippen LogP contribution in [0.4, 0.5) is 5.82 Å². The van der Waals surface area contributed by atoms with Crippen LogP contribution in [0.5, 0.6) is 0 Å². The van der Waals surface area contributed by atoms with E-state index in [9.17, 15) is 4.79 Å². The summed E-state index contributed by atoms with van der Waals surface area (Å²) in [6.07, 6.45) is 0. The topological polar surface area (TPSA) is 81.1 Å². The number of hydrogen-bond donors (Lipinski definition) is 2. The number of aryl methyl sites for hydroxylation is 1. The number of nitrogen functional groups attached to an aromatic ring is 1. The second-order valence-corrected chi connectivity index (χ2v) is 3.60. The van der Waals surface area contributed by atoms with Gasteiger partial charge in [-0.1, -0.05) is 30.3 Å². The van der Waals surface area contributed by atoms with E-state index in [1.165, 1.54) is 4.68 Å². The molecule has 0 aliphatic heterocycles. The maximum atomic E-state index is 11.1. The molecule has 0 fully saturated rings. The highest BCUT2D eigenvalue weighted by atomic mass is 16.4. The van der Waals surface area contributed by atoms with Gasteiger partial charge in [0.05, 0.1) is 5.56 Å². The van der Waals surface area contributed by atoms with Crippen LogP contribution in [0.2, 0.25) is 0 Å². The fourth-order valence-electron chi connectivity index (χ4n) is 1.76. The van der Waals surface area contributed by atoms with Crippen LogP contribution in [0.1, 0.15) is 17.4 Å². The summed E-state index contributed by atoms with van der Waals surface area (Å²) in [5, 5.41) is 13.1. The van der Waals surface area contributed by atoms with Crippen molar-refractivity contribution in [3.63, 3.8) is 0 Å². The van der Waals surface area contributed by atoms with Crippen molar-refractivity contribution in [3.8, 4) is 11.1 Å². The molecule has 0 aliphatic rings. The molecule has 88 valence electrons. The van der Waals surface area contributed by atoms with E-state index in [2.05, 4.69) is 5.10 Å². The molecule has 0 saturated heterocycles. The van der Waals surface area contributed by atoms with Crippen LogP contribution < -0.4 is 5.73 Å². The molecule has 0 radical (unpaired) electrons. The number of anilines is 1. The van der Waals surface area contributed by atoms with Crippen LogP contribution in [0, 0.1) is 0 Å². The molecular formula is C12H13N3O2. The molecule has 0 amide bonds. The molecule has 0 bridgehead atoms. The Labute approximate surface area is 98.5 Å². The number of carboxylic acids is 1. The maximum Gasteiger partial charge on any atom is 0.357 e. The zero-order valence-corrected chi connectivity index (χ0v) is 9.42. The number of carboxylic acid groups (broad SMARTS) is 1. The third-order valence-electron chi connectivity index (χ3n) is 2.56. The Morgan fingerprint density at radius 3 is 2.59 bits per heavy atom. The number of aromatic carboxylic acids is 1. The van der Waals surface area contributed by atoms with Crippen molar-refractivity contribution in [3.05, 3.63) is 36.0 Å². The van der Waals surface area contributed by atoms with Crippen molar-refractivity contribution in [2.45, 2.75) is 13.5 Å². The Balaban J connectivity index is 2.67. The molecule has 0 saturated carbocycles. The van der Waals surface area contributed by atoms with Crippen molar-refractivity contribution in [2.75, 3.05) is 5.73 Å². The average Bonchev–Trinajstić information content (AvgIpc) is 2.67. The highest BCUT2D eigenvalue weighted by molar-refractivity contribution is 5.97. The van der Waals surface area contributed by atoms with E-state index in [1.807, 2.05) is 37.3 Å². The quantitative estimate of drug-likeness (QED) is 0.844. The first-order valence-electron chi connectivity index (χ1n) is 5.30. The van der Waals surface area contributed by atoms with Crippen molar-refractivity contribution >= 4 is 11.8 Å². The number of benzene rings is 1. The highest BCUT2D eigenvalue weighted by Crippen LogP contribution is 2.29. The van der Waals surface area contributed by atoms with E-state index in [1.54, 1.807) is 0 Å². The van der Waals surface area contributed by atoms with E-state index in [0.29, 0.717) is 17.9 Å². The van der Waals surface area contributed by atoms with E-state index in [4.69, 9.17) is 10.8 Å². The molecule has 17 heavy (non-hydrogen) atoms. The predicted octanol–water partition coefficient (Wildman–Crippen LogP) is 1.85. The van der Waals surface area contributed by atoms with Crippen LogP contribution in [-0.2, 0) is 6.54 Å². The Morgan fingerprint density at radius 2 is 2.06 bits per heavy atom. The molecule has 0 unspecified atom stereocenters. The zero-order valence-electron chi connectivity index (χ0n) is 9.42. The zero-order chi connectivity index (χ0) is 12.4. The lowest BCUT2D eigenvalue weighted by molar-refractivity contribution is 0.0690. The Bertz CT molecular complexity index is 546. The molecular weight excluding hydrogens is 218 g/mol. The van der Waals surface area contributed by atoms with Crippen molar-refractivity contribution in [1.82, 2.24) is 9.78 Å². The largest absolute Gasteiger partial charge is 0.476 e. The molecule has 2 rings (SSSR count). The Morgan fingerprint density at radius 1 is 1.41 bits per heavy atom. The van der Waals surface area contributed by atoms with Crippen LogP contribution in [-0.4, -0.2) is 20.9 Å². The van der Waals surface area contributed by atoms with Gasteiger partial charge in [0.1, 0.15) is 5.82 Å². The van der Waals surface area contributed by atoms with Gasteiger partial charge in [-0.2, -0.15) is 5.10 Å². The fourth-order valence-corrected chi connectivity index (χ4v) is 1.76. The number of nitrogens with two attached hydrogens (primary N) is 1. The first-order valence-corrected chi connectivity index (χ1v) is 5.30. The summed E-state index contributed by atoms with van der Waals surface area (Å²) in [5.41, 5.74) is 7.17. The van der Waals surface area contributed by atoms with Gasteiger partial charge >= 0.3 is 5.97 Å². The molecule has 0 aliphatic carbocycles. The normalized spacial score (nSPS) is 10.4. The summed E-state index contributed by atoms with van der Waals surface area (Å²) < 4.78 is 1.49. The monoisotopic (exact) mass is 231 g/mol. The van der Waals surface area contributed by atoms with Crippen LogP contribution >= 0.6 is 0 Å². The molecule has 3 N–H and O–H groups in total. The van der Waals surface area contributed by atoms with Gasteiger partial charge in [-0.05, 0) is 12.5 Å². The molecule has 1 aromatic carbocycles. The number of rotatable bonds is 3. The van der Waals surface area contributed by atoms with Crippen LogP contribution in [0.15, 0.2) is 30.3 Å². The standard InChI is InChI=1S/C12H13N3O2/c1-2-15-11(13)9(10(14-15)12(16)17)8-6-4-3-5-7-8/h3-7H,2,13H2,1H3,(H,16,17). The van der Waals surface area contributed by atoms with Gasteiger partial charge in [-0.3, -0.25) is 0 Å². The lowest BCUT2D eigenvalue weighted by atomic mass is 10.1. The van der Waals surface area contributed by atoms with Gasteiger partial charge < -0.3 is 10.8 Å². The lowest BCUT2D eigenvalue weighted by Crippen LogP contribution is -2.03. The molecule has 0 atom stereocenters. The van der Waals surface area contributed by atoms with Crippen molar-refractivity contribution < 1.29 is 9.90 Å². The Kier molecular flexibility index (Phi) is 2.82. The van der Waals surface area contributed by atoms with Crippen molar-refractivity contribution in [1.29, 1.82) is 0 Å². The van der Waals surface area contributed by atoms with E-state index in [0.717, 1.165) is 5.56 Å². The first kappa shape index (κ1) is 11.2. The SMILES string of the molecule is CCn1nc(C(=O)O)c(-c2ccccc2)c1N. The van der Waals surface area contributed by atoms with Crippen LogP contribution in [0.25, 0.3) is 11.1 Å². The first-order chi connectivity index (χ1) is 8.15. The highest BCUT2D eigenvalue weighted by Gasteiger charge is 2.21. The van der Waals surface area contributed by atoms with Gasteiger partial charge in [0, 0.05) is 6.54 Å². The second kappa shape index (κ2) is 4.29. The molecule has 5 heteroatoms. The van der Waals surface area contributed by atoms with E-state index < -0.39 is 5.97 Å². The predicted molar refractivity (Wildman–Crippen MR) is 64.7 cm³/mol. The third kappa shape index (κ3) is 1.87. The van der Waals surface area contributed by atoms with Gasteiger partial charge in [-0.15, -0.1) is 0 Å². The number of hydrogen-bond acceptors (Lipinski definition) is 3. The van der Waals surface area contributed by atoms with Crippen LogP contribution in [0.3, 0.4) is 0 Å². The lowest BCUT2D eigenvalue weighted by Gasteiger charge is -2.02. The third-order valence-corrected chi connectivity index (χ3v) is 2.56. The second-order valence-electron chi connectivity index (χ2n) is 3.60. The molecule has 0 spiro atoms. The molecule has 5 nitrogen and oxygen atoms in total. The Hall–Kier alpha value is -2.30. The summed E-state index contributed by atoms with van der Waals surface area (Å²) >= 11 is 0. The molecule has 1 heterocycles. The summed E-state index contributed by atoms with van der Waals surface area (Å²) in [6, 6.07) is 9.18. The maximum absolute atomic E-state index is 11.1. The van der Waals surface area contributed by atoms with Gasteiger partial charge in [0.15, 0.2) is 5.69 Å². The minimum Gasteiger partial charge on any atom is -0.476 e. The minimum atomic E-state index is -1.07. The number of nitrogens with zero attached hydrogens (tertiary/aromatic N) is 2. The summed E-state index contributed by atoms with van der Waals surface area (Å²) in [6.45, 7) is 2.41. The summed E-state index contributed by atoms with van der Waals surface area (Å²) in [7, 11) is 0. The smallest absolute Gasteiger partial charge is 0.357 e. The number of aromatic nitrogens is 2. The molecule has 1 aromatic heterocycles. The van der Waals surface area contributed by atoms with E-state index in [-0.39, 0.29) is 5.69 Å². The van der Waals surface area contributed by atoms with Gasteiger partial charge in [-0.25, -0.2) is 9.48 Å². The number of carbonyl (C=O) groups is 1. The van der Waals surface area contributed by atoms with Gasteiger partial charge in [0.2, 0.25) is 0 Å². The summed E-state index contributed by atoms with van der Waals surface area (Å²) in [4.78, 5) is 11.1. The fraction of sp³-hybridized carbons (Fsp3) is 0.167. The summed E-state index contributed by atoms with van der Waals surface area (Å²) in [5.74, 6) is -0.682. The average molecular weight is 231 g/mol. The molecule has 2 aromatic rings. The minimum absolute atomic E-state index is 0.00412. The van der Waals surface area contributed by atoms with Crippen molar-refractivity contribution in [2.24, 2.45) is 0 Å². The van der Waals surface area contributed by atoms with E-state index >= 15 is 0 Å². The van der Waals surface area contributed by atoms with Gasteiger partial charge in [0.25, 0.3) is 0 Å².